The second kappa shape index (κ2) is 6.99. The van der Waals surface area contributed by atoms with Gasteiger partial charge in [-0.1, -0.05) is 6.07 Å². The van der Waals surface area contributed by atoms with E-state index < -0.39 is 35.9 Å². The lowest BCUT2D eigenvalue weighted by Gasteiger charge is -2.50. The van der Waals surface area contributed by atoms with Gasteiger partial charge in [-0.2, -0.15) is 0 Å². The van der Waals surface area contributed by atoms with E-state index in [0.717, 1.165) is 10.6 Å². The van der Waals surface area contributed by atoms with Gasteiger partial charge in [-0.3, -0.25) is 14.6 Å². The molecule has 8 heteroatoms. The molecule has 1 atom stereocenters. The maximum Gasteiger partial charge on any atom is 0.266 e. The van der Waals surface area contributed by atoms with Crippen molar-refractivity contribution < 1.29 is 22.8 Å². The van der Waals surface area contributed by atoms with Crippen LogP contribution in [0.15, 0.2) is 18.2 Å². The zero-order chi connectivity index (χ0) is 20.9. The van der Waals surface area contributed by atoms with Crippen LogP contribution >= 0.6 is 0 Å². The van der Waals surface area contributed by atoms with Gasteiger partial charge in [-0.05, 0) is 51.2 Å². The Hall–Kier alpha value is -2.12. The number of piperidine rings is 2. The SMILES string of the molecule is Cc1cccc(CN2CCC[C@]3(CN(C(=O)C4(F)CCC4)CC(F)(F)C3)C2=O)n1. The van der Waals surface area contributed by atoms with Gasteiger partial charge in [-0.25, -0.2) is 13.2 Å². The molecule has 0 bridgehead atoms. The molecule has 4 rings (SSSR count). The number of carbonyl (C=O) groups excluding carboxylic acids is 2. The summed E-state index contributed by atoms with van der Waals surface area (Å²) in [5.41, 5.74) is -1.89. The highest BCUT2D eigenvalue weighted by Gasteiger charge is 2.58. The highest BCUT2D eigenvalue weighted by Crippen LogP contribution is 2.47. The first kappa shape index (κ1) is 20.2. The van der Waals surface area contributed by atoms with Crippen molar-refractivity contribution in [1.29, 1.82) is 0 Å². The molecule has 1 saturated carbocycles. The van der Waals surface area contributed by atoms with E-state index in [2.05, 4.69) is 4.98 Å². The molecule has 29 heavy (non-hydrogen) atoms. The molecule has 3 fully saturated rings. The molecule has 3 aliphatic rings. The molecule has 1 aromatic heterocycles. The third-order valence-corrected chi connectivity index (χ3v) is 6.45. The van der Waals surface area contributed by atoms with Gasteiger partial charge < -0.3 is 9.80 Å². The lowest BCUT2D eigenvalue weighted by atomic mass is 9.71. The van der Waals surface area contributed by atoms with Crippen LogP contribution < -0.4 is 0 Å². The zero-order valence-electron chi connectivity index (χ0n) is 16.6. The van der Waals surface area contributed by atoms with E-state index in [1.807, 2.05) is 19.1 Å². The Bertz CT molecular complexity index is 827. The molecule has 3 heterocycles. The fourth-order valence-electron chi connectivity index (χ4n) is 4.93. The summed E-state index contributed by atoms with van der Waals surface area (Å²) in [6.07, 6.45) is 0.964. The first-order chi connectivity index (χ1) is 13.6. The van der Waals surface area contributed by atoms with Gasteiger partial charge in [0.25, 0.3) is 11.8 Å². The molecule has 158 valence electrons. The predicted octanol–water partition coefficient (Wildman–Crippen LogP) is 3.26. The molecule has 0 radical (unpaired) electrons. The number of aromatic nitrogens is 1. The van der Waals surface area contributed by atoms with E-state index in [-0.39, 0.29) is 38.3 Å². The van der Waals surface area contributed by atoms with Crippen LogP contribution in [0.1, 0.15) is 49.9 Å². The zero-order valence-corrected chi connectivity index (χ0v) is 16.6. The molecule has 1 aliphatic carbocycles. The van der Waals surface area contributed by atoms with Crippen LogP contribution in [0.2, 0.25) is 0 Å². The van der Waals surface area contributed by atoms with Crippen molar-refractivity contribution in [2.24, 2.45) is 5.41 Å². The van der Waals surface area contributed by atoms with Crippen molar-refractivity contribution in [2.45, 2.75) is 63.6 Å². The van der Waals surface area contributed by atoms with Crippen LogP contribution in [0.3, 0.4) is 0 Å². The Labute approximate surface area is 168 Å². The molecule has 2 saturated heterocycles. The fraction of sp³-hybridized carbons (Fsp3) is 0.667. The number of hydrogen-bond donors (Lipinski definition) is 0. The van der Waals surface area contributed by atoms with Crippen molar-refractivity contribution in [3.8, 4) is 0 Å². The summed E-state index contributed by atoms with van der Waals surface area (Å²) in [4.78, 5) is 32.8. The van der Waals surface area contributed by atoms with Crippen molar-refractivity contribution in [1.82, 2.24) is 14.8 Å². The molecule has 0 aromatic carbocycles. The van der Waals surface area contributed by atoms with Crippen LogP contribution in [0, 0.1) is 12.3 Å². The van der Waals surface area contributed by atoms with Crippen LogP contribution in [-0.2, 0) is 16.1 Å². The lowest BCUT2D eigenvalue weighted by Crippen LogP contribution is -2.64. The summed E-state index contributed by atoms with van der Waals surface area (Å²) in [7, 11) is 0. The van der Waals surface area contributed by atoms with Crippen LogP contribution in [0.4, 0.5) is 13.2 Å². The number of aryl methyl sites for hydroxylation is 1. The third-order valence-electron chi connectivity index (χ3n) is 6.45. The number of pyridine rings is 1. The maximum atomic E-state index is 14.7. The number of carbonyl (C=O) groups is 2. The van der Waals surface area contributed by atoms with Gasteiger partial charge in [0.2, 0.25) is 5.91 Å². The topological polar surface area (TPSA) is 53.5 Å². The standard InChI is InChI=1S/C21H26F3N3O2/c1-15-5-2-6-16(25-15)11-26-10-4-7-19(17(26)28)12-21(23,24)14-27(13-19)18(29)20(22)8-3-9-20/h2,5-6H,3-4,7-14H2,1H3/t19-/m0/s1. The van der Waals surface area contributed by atoms with E-state index in [4.69, 9.17) is 0 Å². The number of hydrogen-bond acceptors (Lipinski definition) is 3. The summed E-state index contributed by atoms with van der Waals surface area (Å²) in [6, 6.07) is 5.49. The average Bonchev–Trinajstić information content (AvgIpc) is 2.62. The first-order valence-electron chi connectivity index (χ1n) is 10.2. The second-order valence-electron chi connectivity index (χ2n) is 8.89. The van der Waals surface area contributed by atoms with Gasteiger partial charge in [-0.15, -0.1) is 0 Å². The summed E-state index contributed by atoms with van der Waals surface area (Å²) < 4.78 is 43.9. The lowest BCUT2D eigenvalue weighted by molar-refractivity contribution is -0.182. The molecule has 0 N–H and O–H groups in total. The Morgan fingerprint density at radius 2 is 1.90 bits per heavy atom. The smallest absolute Gasteiger partial charge is 0.266 e. The Balaban J connectivity index is 1.57. The molecule has 5 nitrogen and oxygen atoms in total. The van der Waals surface area contributed by atoms with Gasteiger partial charge in [0.15, 0.2) is 5.67 Å². The number of alkyl halides is 3. The first-order valence-corrected chi connectivity index (χ1v) is 10.2. The summed E-state index contributed by atoms with van der Waals surface area (Å²) in [6.45, 7) is 1.61. The van der Waals surface area contributed by atoms with Gasteiger partial charge in [0.05, 0.1) is 24.2 Å². The van der Waals surface area contributed by atoms with E-state index in [1.54, 1.807) is 11.0 Å². The molecule has 0 unspecified atom stereocenters. The van der Waals surface area contributed by atoms with E-state index in [0.29, 0.717) is 25.1 Å². The Kier molecular flexibility index (Phi) is 4.86. The molecule has 1 aromatic rings. The molecule has 1 spiro atoms. The average molecular weight is 409 g/mol. The summed E-state index contributed by atoms with van der Waals surface area (Å²) in [5.74, 6) is -4.48. The highest BCUT2D eigenvalue weighted by atomic mass is 19.3. The minimum absolute atomic E-state index is 0.0694. The Morgan fingerprint density at radius 1 is 1.14 bits per heavy atom. The normalized spacial score (nSPS) is 28.3. The molecular weight excluding hydrogens is 383 g/mol. The van der Waals surface area contributed by atoms with Crippen molar-refractivity contribution in [3.05, 3.63) is 29.6 Å². The predicted molar refractivity (Wildman–Crippen MR) is 99.9 cm³/mol. The number of amides is 2. The minimum Gasteiger partial charge on any atom is -0.336 e. The second-order valence-corrected chi connectivity index (χ2v) is 8.89. The minimum atomic E-state index is -3.21. The number of likely N-dealkylation sites (tertiary alicyclic amines) is 2. The van der Waals surface area contributed by atoms with Gasteiger partial charge >= 0.3 is 0 Å². The van der Waals surface area contributed by atoms with Crippen LogP contribution in [0.5, 0.6) is 0 Å². The quantitative estimate of drug-likeness (QED) is 0.770. The van der Waals surface area contributed by atoms with Gasteiger partial charge in [0, 0.05) is 25.2 Å². The van der Waals surface area contributed by atoms with E-state index >= 15 is 0 Å². The molecule has 2 aliphatic heterocycles. The third kappa shape index (κ3) is 3.73. The van der Waals surface area contributed by atoms with E-state index in [1.165, 1.54) is 0 Å². The highest BCUT2D eigenvalue weighted by molar-refractivity contribution is 5.89. The van der Waals surface area contributed by atoms with Crippen LogP contribution in [0.25, 0.3) is 0 Å². The fourth-order valence-corrected chi connectivity index (χ4v) is 4.93. The monoisotopic (exact) mass is 409 g/mol. The number of rotatable bonds is 3. The number of halogens is 3. The van der Waals surface area contributed by atoms with Crippen molar-refractivity contribution in [3.63, 3.8) is 0 Å². The Morgan fingerprint density at radius 3 is 2.55 bits per heavy atom. The van der Waals surface area contributed by atoms with Crippen molar-refractivity contribution >= 4 is 11.8 Å². The van der Waals surface area contributed by atoms with Crippen molar-refractivity contribution in [2.75, 3.05) is 19.6 Å². The van der Waals surface area contributed by atoms with Crippen LogP contribution in [-0.4, -0.2) is 57.8 Å². The number of nitrogens with zero attached hydrogens (tertiary/aromatic N) is 3. The molecular formula is C21H26F3N3O2. The summed E-state index contributed by atoms with van der Waals surface area (Å²) >= 11 is 0. The van der Waals surface area contributed by atoms with Gasteiger partial charge in [0.1, 0.15) is 0 Å². The molecule has 2 amide bonds. The maximum absolute atomic E-state index is 14.7. The summed E-state index contributed by atoms with van der Waals surface area (Å²) in [5, 5.41) is 0. The van der Waals surface area contributed by atoms with E-state index in [9.17, 15) is 22.8 Å². The largest absolute Gasteiger partial charge is 0.336 e.